The Morgan fingerprint density at radius 3 is 0.970 bits per heavy atom. The van der Waals surface area contributed by atoms with Gasteiger partial charge < -0.3 is 0 Å². The van der Waals surface area contributed by atoms with E-state index >= 15 is 0 Å². The number of hydrogen-bond acceptors (Lipinski definition) is 0. The minimum Gasteiger partial charge on any atom is -0.0654 e. The smallest absolute Gasteiger partial charge is 0.0654 e. The van der Waals surface area contributed by atoms with Gasteiger partial charge in [-0.25, -0.2) is 0 Å². The van der Waals surface area contributed by atoms with Crippen LogP contribution in [0.15, 0.2) is 0 Å². The van der Waals surface area contributed by atoms with E-state index in [1.165, 1.54) is 109 Å². The fourth-order valence-corrected chi connectivity index (χ4v) is 14.6. The van der Waals surface area contributed by atoms with E-state index in [0.29, 0.717) is 10.6 Å². The molecule has 200 valence electrons. The molecule has 0 aliphatic heterocycles. The van der Waals surface area contributed by atoms with E-state index in [4.69, 9.17) is 0 Å². The van der Waals surface area contributed by atoms with E-state index in [0.717, 1.165) is 0 Å². The fourth-order valence-electron chi connectivity index (χ4n) is 7.23. The lowest BCUT2D eigenvalue weighted by molar-refractivity contribution is 0.114. The van der Waals surface area contributed by atoms with Gasteiger partial charge in [-0.1, -0.05) is 113 Å². The molecule has 0 aliphatic rings. The maximum atomic E-state index is 2.62. The quantitative estimate of drug-likeness (QED) is 0.120. The molecule has 0 radical (unpaired) electrons. The Bertz CT molecular complexity index is 388. The normalized spacial score (nSPS) is 13.1. The van der Waals surface area contributed by atoms with Crippen LogP contribution in [0.4, 0.5) is 0 Å². The third kappa shape index (κ3) is 9.43. The summed E-state index contributed by atoms with van der Waals surface area (Å²) < 4.78 is 0. The number of rotatable bonds is 24. The van der Waals surface area contributed by atoms with Crippen molar-refractivity contribution in [3.8, 4) is 0 Å². The minimum atomic E-state index is -1.06. The summed E-state index contributed by atoms with van der Waals surface area (Å²) in [6, 6.07) is 0. The molecule has 0 saturated heterocycles. The highest BCUT2D eigenvalue weighted by atomic mass is 31.2. The molecule has 0 nitrogen and oxygen atoms in total. The second-order valence-electron chi connectivity index (χ2n) is 11.5. The number of unbranched alkanes of at least 4 members (excludes halogenated alkanes) is 7. The van der Waals surface area contributed by atoms with Crippen LogP contribution < -0.4 is 0 Å². The van der Waals surface area contributed by atoms with Gasteiger partial charge in [-0.15, -0.1) is 0 Å². The fraction of sp³-hybridized carbons (Fsp3) is 1.00. The summed E-state index contributed by atoms with van der Waals surface area (Å²) in [7, 11) is -1.06. The van der Waals surface area contributed by atoms with Gasteiger partial charge in [0.05, 0.1) is 23.6 Å². The minimum absolute atomic E-state index is 0.590. The van der Waals surface area contributed by atoms with E-state index in [9.17, 15) is 0 Å². The molecular formula is C32H68P+. The second-order valence-corrected chi connectivity index (χ2v) is 15.9. The zero-order chi connectivity index (χ0) is 25.1. The predicted molar refractivity (Wildman–Crippen MR) is 160 cm³/mol. The van der Waals surface area contributed by atoms with Crippen molar-refractivity contribution < 1.29 is 0 Å². The van der Waals surface area contributed by atoms with Crippen LogP contribution in [0.25, 0.3) is 0 Å². The topological polar surface area (TPSA) is 0 Å². The van der Waals surface area contributed by atoms with Gasteiger partial charge in [0.1, 0.15) is 0 Å². The van der Waals surface area contributed by atoms with E-state index < -0.39 is 7.26 Å². The summed E-state index contributed by atoms with van der Waals surface area (Å²) in [6.45, 7) is 19.8. The molecule has 0 fully saturated rings. The molecule has 0 spiro atoms. The Morgan fingerprint density at radius 2 is 0.697 bits per heavy atom. The average molecular weight is 484 g/mol. The Labute approximate surface area is 213 Å². The van der Waals surface area contributed by atoms with Gasteiger partial charge in [0.15, 0.2) is 0 Å². The molecule has 0 unspecified atom stereocenters. The molecular weight excluding hydrogens is 415 g/mol. The summed E-state index contributed by atoms with van der Waals surface area (Å²) in [5, 5.41) is 0.643. The van der Waals surface area contributed by atoms with Crippen molar-refractivity contribution in [2.45, 2.75) is 183 Å². The monoisotopic (exact) mass is 484 g/mol. The molecule has 0 atom stereocenters. The highest BCUT2D eigenvalue weighted by molar-refractivity contribution is 7.77. The summed E-state index contributed by atoms with van der Waals surface area (Å²) in [5.41, 5.74) is 0.590. The highest BCUT2D eigenvalue weighted by Gasteiger charge is 2.64. The zero-order valence-corrected chi connectivity index (χ0v) is 25.9. The molecule has 0 heterocycles. The molecule has 0 aromatic heterocycles. The Hall–Kier alpha value is 0.430. The van der Waals surface area contributed by atoms with Crippen molar-refractivity contribution in [1.82, 2.24) is 0 Å². The lowest BCUT2D eigenvalue weighted by atomic mass is 9.63. The highest BCUT2D eigenvalue weighted by Crippen LogP contribution is 2.79. The van der Waals surface area contributed by atoms with Gasteiger partial charge in [-0.3, -0.25) is 0 Å². The maximum absolute atomic E-state index is 2.62. The van der Waals surface area contributed by atoms with Gasteiger partial charge in [-0.05, 0) is 64.2 Å². The van der Waals surface area contributed by atoms with Crippen molar-refractivity contribution >= 4 is 7.26 Å². The summed E-state index contributed by atoms with van der Waals surface area (Å²) in [4.78, 5) is 0. The first-order chi connectivity index (χ1) is 16.0. The first-order valence-corrected chi connectivity index (χ1v) is 18.2. The third-order valence-corrected chi connectivity index (χ3v) is 15.6. The van der Waals surface area contributed by atoms with Crippen LogP contribution in [-0.4, -0.2) is 23.6 Å². The lowest BCUT2D eigenvalue weighted by Gasteiger charge is -2.58. The molecule has 0 rings (SSSR count). The van der Waals surface area contributed by atoms with Crippen molar-refractivity contribution in [3.05, 3.63) is 0 Å². The van der Waals surface area contributed by atoms with Gasteiger partial charge in [0.25, 0.3) is 0 Å². The van der Waals surface area contributed by atoms with Crippen LogP contribution >= 0.6 is 7.26 Å². The van der Waals surface area contributed by atoms with Crippen LogP contribution in [0.3, 0.4) is 0 Å². The molecule has 33 heavy (non-hydrogen) atoms. The summed E-state index contributed by atoms with van der Waals surface area (Å²) in [5.74, 6) is 0. The van der Waals surface area contributed by atoms with E-state index in [-0.39, 0.29) is 0 Å². The van der Waals surface area contributed by atoms with Gasteiger partial charge in [-0.2, -0.15) is 0 Å². The van der Waals surface area contributed by atoms with Crippen LogP contribution in [-0.2, 0) is 0 Å². The summed E-state index contributed by atoms with van der Waals surface area (Å²) >= 11 is 0. The van der Waals surface area contributed by atoms with Gasteiger partial charge in [0, 0.05) is 12.7 Å². The SMILES string of the molecule is CCCCC(CC)(CCCC)C(CCCC)(CCCC)[P+](CCCC)(CCCC)CCCC. The molecule has 0 aromatic rings. The Balaban J connectivity index is 7.10. The lowest BCUT2D eigenvalue weighted by Crippen LogP contribution is -2.52. The van der Waals surface area contributed by atoms with Crippen LogP contribution in [0, 0.1) is 5.41 Å². The van der Waals surface area contributed by atoms with Crippen LogP contribution in [0.1, 0.15) is 177 Å². The first kappa shape index (κ1) is 33.4. The van der Waals surface area contributed by atoms with E-state index in [1.807, 2.05) is 0 Å². The first-order valence-electron chi connectivity index (χ1n) is 15.8. The number of hydrogen-bond donors (Lipinski definition) is 0. The maximum Gasteiger partial charge on any atom is 0.0855 e. The predicted octanol–water partition coefficient (Wildman–Crippen LogP) is 12.3. The molecule has 0 aromatic carbocycles. The van der Waals surface area contributed by atoms with Crippen LogP contribution in [0.5, 0.6) is 0 Å². The molecule has 0 amide bonds. The standard InChI is InChI=1S/C32H68P/c1-9-17-24-31(16-8,25-18-10-2)32(26-19-11-3,27-20-12-4)33(28-21-13-5,29-22-14-6)30-23-15-7/h9-30H2,1-8H3/q+1. The molecule has 0 bridgehead atoms. The molecule has 0 aliphatic carbocycles. The largest absolute Gasteiger partial charge is 0.0855 e. The van der Waals surface area contributed by atoms with Gasteiger partial charge >= 0.3 is 0 Å². The molecule has 0 saturated carbocycles. The summed E-state index contributed by atoms with van der Waals surface area (Å²) in [6.07, 6.45) is 32.4. The molecule has 0 N–H and O–H groups in total. The molecule has 1 heteroatoms. The van der Waals surface area contributed by atoms with Crippen molar-refractivity contribution in [2.75, 3.05) is 18.5 Å². The average Bonchev–Trinajstić information content (AvgIpc) is 2.85. The Kier molecular flexibility index (Phi) is 19.9. The van der Waals surface area contributed by atoms with Crippen molar-refractivity contribution in [3.63, 3.8) is 0 Å². The Morgan fingerprint density at radius 1 is 0.394 bits per heavy atom. The van der Waals surface area contributed by atoms with Crippen LogP contribution in [0.2, 0.25) is 0 Å². The van der Waals surface area contributed by atoms with Crippen molar-refractivity contribution in [1.29, 1.82) is 0 Å². The van der Waals surface area contributed by atoms with E-state index in [2.05, 4.69) is 55.4 Å². The second kappa shape index (κ2) is 19.6. The third-order valence-electron chi connectivity index (χ3n) is 9.30. The van der Waals surface area contributed by atoms with E-state index in [1.54, 1.807) is 31.3 Å². The van der Waals surface area contributed by atoms with Gasteiger partial charge in [0.2, 0.25) is 0 Å². The van der Waals surface area contributed by atoms with Crippen molar-refractivity contribution in [2.24, 2.45) is 5.41 Å². The zero-order valence-electron chi connectivity index (χ0n) is 25.0.